The van der Waals surface area contributed by atoms with Crippen molar-refractivity contribution in [3.63, 3.8) is 0 Å². The minimum absolute atomic E-state index is 0.108. The standard InChI is InChI=1S/C12H20F2N2O4/c1-11(2,3)20-10(18)16-6-12(13,14)5-8(16)9(17)15-7-19-4/h8H,5-7H2,1-4H3,(H,15,17)/t8-/m0/s1. The lowest BCUT2D eigenvalue weighted by Gasteiger charge is -2.27. The molecule has 0 saturated carbocycles. The molecule has 0 aromatic rings. The Morgan fingerprint density at radius 1 is 1.40 bits per heavy atom. The molecule has 0 unspecified atom stereocenters. The van der Waals surface area contributed by atoms with Crippen LogP contribution in [0, 0.1) is 0 Å². The molecule has 1 aliphatic heterocycles. The number of hydrogen-bond donors (Lipinski definition) is 1. The molecule has 1 saturated heterocycles. The Morgan fingerprint density at radius 2 is 2.00 bits per heavy atom. The van der Waals surface area contributed by atoms with Crippen LogP contribution in [0.5, 0.6) is 0 Å². The van der Waals surface area contributed by atoms with Crippen molar-refractivity contribution < 1.29 is 27.8 Å². The molecular weight excluding hydrogens is 274 g/mol. The molecule has 20 heavy (non-hydrogen) atoms. The van der Waals surface area contributed by atoms with E-state index in [9.17, 15) is 18.4 Å². The Morgan fingerprint density at radius 3 is 2.50 bits per heavy atom. The number of hydrogen-bond acceptors (Lipinski definition) is 4. The van der Waals surface area contributed by atoms with Gasteiger partial charge < -0.3 is 14.8 Å². The van der Waals surface area contributed by atoms with Crippen molar-refractivity contribution in [2.24, 2.45) is 0 Å². The maximum Gasteiger partial charge on any atom is 0.411 e. The van der Waals surface area contributed by atoms with Gasteiger partial charge in [-0.2, -0.15) is 0 Å². The Bertz CT molecular complexity index is 382. The zero-order valence-corrected chi connectivity index (χ0v) is 12.0. The summed E-state index contributed by atoms with van der Waals surface area (Å²) >= 11 is 0. The summed E-state index contributed by atoms with van der Waals surface area (Å²) in [5, 5.41) is 2.32. The number of amides is 2. The molecule has 0 aromatic heterocycles. The first-order chi connectivity index (χ1) is 9.06. The first-order valence-electron chi connectivity index (χ1n) is 6.20. The molecule has 2 amide bonds. The number of carbonyl (C=O) groups is 2. The van der Waals surface area contributed by atoms with Gasteiger partial charge in [-0.3, -0.25) is 9.69 Å². The fourth-order valence-corrected chi connectivity index (χ4v) is 1.82. The van der Waals surface area contributed by atoms with Crippen molar-refractivity contribution >= 4 is 12.0 Å². The van der Waals surface area contributed by atoms with Crippen LogP contribution in [0.1, 0.15) is 27.2 Å². The van der Waals surface area contributed by atoms with Crippen LogP contribution in [-0.4, -0.2) is 54.9 Å². The molecule has 1 atom stereocenters. The summed E-state index contributed by atoms with van der Waals surface area (Å²) in [5.41, 5.74) is -0.817. The van der Waals surface area contributed by atoms with Gasteiger partial charge in [-0.15, -0.1) is 0 Å². The number of likely N-dealkylation sites (tertiary alicyclic amines) is 1. The Kier molecular flexibility index (Phi) is 4.90. The molecule has 0 spiro atoms. The highest BCUT2D eigenvalue weighted by Gasteiger charge is 2.51. The third kappa shape index (κ3) is 4.59. The fourth-order valence-electron chi connectivity index (χ4n) is 1.82. The summed E-state index contributed by atoms with van der Waals surface area (Å²) < 4.78 is 36.6. The van der Waals surface area contributed by atoms with Crippen LogP contribution >= 0.6 is 0 Å². The molecule has 1 rings (SSSR count). The van der Waals surface area contributed by atoms with E-state index in [1.807, 2.05) is 0 Å². The van der Waals surface area contributed by atoms with Gasteiger partial charge in [-0.05, 0) is 20.8 Å². The average Bonchev–Trinajstić information content (AvgIpc) is 2.60. The lowest BCUT2D eigenvalue weighted by Crippen LogP contribution is -2.47. The molecule has 1 aliphatic rings. The molecule has 1 fully saturated rings. The number of ether oxygens (including phenoxy) is 2. The van der Waals surface area contributed by atoms with Crippen molar-refractivity contribution in [2.75, 3.05) is 20.4 Å². The number of rotatable bonds is 3. The van der Waals surface area contributed by atoms with Gasteiger partial charge in [-0.25, -0.2) is 13.6 Å². The molecule has 1 heterocycles. The number of carbonyl (C=O) groups excluding carboxylic acids is 2. The topological polar surface area (TPSA) is 67.9 Å². The summed E-state index contributed by atoms with van der Waals surface area (Å²) in [7, 11) is 1.36. The largest absolute Gasteiger partial charge is 0.444 e. The van der Waals surface area contributed by atoms with Crippen molar-refractivity contribution in [2.45, 2.75) is 44.8 Å². The predicted molar refractivity (Wildman–Crippen MR) is 66.3 cm³/mol. The van der Waals surface area contributed by atoms with E-state index in [-0.39, 0.29) is 6.73 Å². The smallest absolute Gasteiger partial charge is 0.411 e. The second-order valence-electron chi connectivity index (χ2n) is 5.66. The van der Waals surface area contributed by atoms with E-state index >= 15 is 0 Å². The van der Waals surface area contributed by atoms with E-state index in [1.54, 1.807) is 20.8 Å². The Labute approximate surface area is 116 Å². The van der Waals surface area contributed by atoms with E-state index in [0.717, 1.165) is 4.90 Å². The second-order valence-corrected chi connectivity index (χ2v) is 5.66. The normalized spacial score (nSPS) is 21.7. The van der Waals surface area contributed by atoms with Gasteiger partial charge in [0.25, 0.3) is 5.92 Å². The number of halogens is 2. The summed E-state index contributed by atoms with van der Waals surface area (Å²) in [5.74, 6) is -3.79. The van der Waals surface area contributed by atoms with Gasteiger partial charge in [0.05, 0.1) is 6.54 Å². The SMILES string of the molecule is COCNC(=O)[C@@H]1CC(F)(F)CN1C(=O)OC(C)(C)C. The van der Waals surface area contributed by atoms with E-state index in [1.165, 1.54) is 7.11 Å². The van der Waals surface area contributed by atoms with E-state index < -0.39 is 42.5 Å². The summed E-state index contributed by atoms with van der Waals surface area (Å²) in [6.45, 7) is 3.94. The average molecular weight is 294 g/mol. The third-order valence-electron chi connectivity index (χ3n) is 2.59. The van der Waals surface area contributed by atoms with Gasteiger partial charge in [0.15, 0.2) is 0 Å². The van der Waals surface area contributed by atoms with E-state index in [4.69, 9.17) is 4.74 Å². The molecule has 0 aliphatic carbocycles. The van der Waals surface area contributed by atoms with Gasteiger partial charge in [0.2, 0.25) is 5.91 Å². The van der Waals surface area contributed by atoms with Gasteiger partial charge in [-0.1, -0.05) is 0 Å². The lowest BCUT2D eigenvalue weighted by molar-refractivity contribution is -0.127. The zero-order valence-electron chi connectivity index (χ0n) is 12.0. The third-order valence-corrected chi connectivity index (χ3v) is 2.59. The number of nitrogens with zero attached hydrogens (tertiary/aromatic N) is 1. The Balaban J connectivity index is 2.79. The van der Waals surface area contributed by atoms with Gasteiger partial charge in [0.1, 0.15) is 18.4 Å². The maximum atomic E-state index is 13.5. The zero-order chi connectivity index (χ0) is 15.6. The summed E-state index contributed by atoms with van der Waals surface area (Å²) in [4.78, 5) is 24.5. The summed E-state index contributed by atoms with van der Waals surface area (Å²) in [6, 6.07) is -1.25. The van der Waals surface area contributed by atoms with Gasteiger partial charge >= 0.3 is 6.09 Å². The first kappa shape index (κ1) is 16.6. The maximum absolute atomic E-state index is 13.5. The lowest BCUT2D eigenvalue weighted by atomic mass is 10.2. The first-order valence-corrected chi connectivity index (χ1v) is 6.20. The number of nitrogens with one attached hydrogen (secondary N) is 1. The van der Waals surface area contributed by atoms with Crippen molar-refractivity contribution in [1.29, 1.82) is 0 Å². The monoisotopic (exact) mass is 294 g/mol. The molecule has 0 radical (unpaired) electrons. The highest BCUT2D eigenvalue weighted by atomic mass is 19.3. The quantitative estimate of drug-likeness (QED) is 0.798. The molecule has 0 aromatic carbocycles. The van der Waals surface area contributed by atoms with Crippen LogP contribution in [0.2, 0.25) is 0 Å². The van der Waals surface area contributed by atoms with Crippen LogP contribution < -0.4 is 5.32 Å². The minimum atomic E-state index is -3.11. The summed E-state index contributed by atoms with van der Waals surface area (Å²) in [6.07, 6.45) is -1.64. The van der Waals surface area contributed by atoms with Crippen LogP contribution in [0.3, 0.4) is 0 Å². The van der Waals surface area contributed by atoms with Crippen LogP contribution in [0.4, 0.5) is 13.6 Å². The highest BCUT2D eigenvalue weighted by molar-refractivity contribution is 5.86. The van der Waals surface area contributed by atoms with Crippen LogP contribution in [0.25, 0.3) is 0 Å². The highest BCUT2D eigenvalue weighted by Crippen LogP contribution is 2.33. The van der Waals surface area contributed by atoms with E-state index in [2.05, 4.69) is 10.1 Å². The van der Waals surface area contributed by atoms with Crippen molar-refractivity contribution in [3.05, 3.63) is 0 Å². The molecular formula is C12H20F2N2O4. The van der Waals surface area contributed by atoms with Crippen molar-refractivity contribution in [3.8, 4) is 0 Å². The number of methoxy groups -OCH3 is 1. The van der Waals surface area contributed by atoms with Gasteiger partial charge in [0, 0.05) is 13.5 Å². The molecule has 1 N–H and O–H groups in total. The molecule has 6 nitrogen and oxygen atoms in total. The molecule has 0 bridgehead atoms. The molecule has 8 heteroatoms. The van der Waals surface area contributed by atoms with Crippen LogP contribution in [-0.2, 0) is 14.3 Å². The second kappa shape index (κ2) is 5.90. The minimum Gasteiger partial charge on any atom is -0.444 e. The van der Waals surface area contributed by atoms with Crippen molar-refractivity contribution in [1.82, 2.24) is 10.2 Å². The number of alkyl halides is 2. The molecule has 116 valence electrons. The fraction of sp³-hybridized carbons (Fsp3) is 0.833. The predicted octanol–water partition coefficient (Wildman–Crippen LogP) is 1.35. The Hall–Kier alpha value is -1.44. The van der Waals surface area contributed by atoms with Crippen LogP contribution in [0.15, 0.2) is 0 Å². The van der Waals surface area contributed by atoms with E-state index in [0.29, 0.717) is 0 Å².